The van der Waals surface area contributed by atoms with Crippen LogP contribution in [0.25, 0.3) is 47.8 Å². The normalized spacial score (nSPS) is 13.1. The quantitative estimate of drug-likeness (QED) is 0.180. The van der Waals surface area contributed by atoms with Crippen LogP contribution in [0, 0.1) is 0 Å². The van der Waals surface area contributed by atoms with Crippen LogP contribution in [-0.2, 0) is 5.41 Å². The van der Waals surface area contributed by atoms with E-state index in [0.29, 0.717) is 6.67 Å². The van der Waals surface area contributed by atoms with Crippen molar-refractivity contribution in [2.24, 2.45) is 0 Å². The summed E-state index contributed by atoms with van der Waals surface area (Å²) in [4.78, 5) is 14.1. The fourth-order valence-electron chi connectivity index (χ4n) is 7.60. The minimum absolute atomic E-state index is 0.00460. The van der Waals surface area contributed by atoms with Gasteiger partial charge in [0.1, 0.15) is 24.0 Å². The molecule has 9 aromatic rings. The van der Waals surface area contributed by atoms with Gasteiger partial charge in [-0.3, -0.25) is 9.55 Å². The minimum Gasteiger partial charge on any atom is -0.457 e. The average molecular weight is 694 g/mol. The van der Waals surface area contributed by atoms with Gasteiger partial charge >= 0.3 is 0 Å². The summed E-state index contributed by atoms with van der Waals surface area (Å²) in [5, 5.41) is 4.94. The van der Waals surface area contributed by atoms with Crippen molar-refractivity contribution in [3.63, 3.8) is 0 Å². The first-order chi connectivity index (χ1) is 25.4. The Morgan fingerprint density at radius 2 is 1.40 bits per heavy atom. The number of hydrogen-bond acceptors (Lipinski definition) is 6. The first-order valence-electron chi connectivity index (χ1n) is 17.6. The molecular formula is C45H35N5OS. The Morgan fingerprint density at radius 1 is 0.615 bits per heavy atom. The van der Waals surface area contributed by atoms with Crippen LogP contribution in [0.15, 0.2) is 146 Å². The van der Waals surface area contributed by atoms with E-state index in [2.05, 4.69) is 161 Å². The first kappa shape index (κ1) is 30.6. The highest BCUT2D eigenvalue weighted by Crippen LogP contribution is 2.48. The molecule has 1 aliphatic rings. The summed E-state index contributed by atoms with van der Waals surface area (Å²) in [6.07, 6.45) is 5.76. The fourth-order valence-corrected chi connectivity index (χ4v) is 8.82. The van der Waals surface area contributed by atoms with E-state index in [1.54, 1.807) is 0 Å². The number of rotatable bonds is 5. The summed E-state index contributed by atoms with van der Waals surface area (Å²) in [6, 6.07) is 45.0. The SMILES string of the molecule is CC(C)(C)c1ccnc(-n2c3ccccc3c3ccc(Oc4cccc(N5CN(c6cccc7c6sc6ccccc67)c6ccncc65)c4)cc32)c1. The lowest BCUT2D eigenvalue weighted by atomic mass is 9.88. The highest BCUT2D eigenvalue weighted by molar-refractivity contribution is 7.26. The van der Waals surface area contributed by atoms with Crippen molar-refractivity contribution in [2.75, 3.05) is 16.5 Å². The maximum Gasteiger partial charge on any atom is 0.137 e. The van der Waals surface area contributed by atoms with Crippen molar-refractivity contribution in [3.8, 4) is 17.3 Å². The van der Waals surface area contributed by atoms with E-state index in [1.807, 2.05) is 36.0 Å². The van der Waals surface area contributed by atoms with Gasteiger partial charge in [-0.1, -0.05) is 75.4 Å². The predicted molar refractivity (Wildman–Crippen MR) is 217 cm³/mol. The van der Waals surface area contributed by atoms with Crippen molar-refractivity contribution >= 4 is 76.1 Å². The molecule has 0 fully saturated rings. The zero-order chi connectivity index (χ0) is 35.0. The Labute approximate surface area is 305 Å². The maximum absolute atomic E-state index is 6.65. The average Bonchev–Trinajstić information content (AvgIpc) is 3.84. The molecule has 1 aliphatic heterocycles. The second-order valence-electron chi connectivity index (χ2n) is 14.4. The third-order valence-corrected chi connectivity index (χ3v) is 11.4. The molecule has 0 saturated heterocycles. The number of hydrogen-bond donors (Lipinski definition) is 0. The number of pyridine rings is 2. The Morgan fingerprint density at radius 3 is 2.31 bits per heavy atom. The number of anilines is 4. The van der Waals surface area contributed by atoms with Crippen LogP contribution in [0.5, 0.6) is 11.5 Å². The van der Waals surface area contributed by atoms with Crippen LogP contribution < -0.4 is 14.5 Å². The molecular weight excluding hydrogens is 659 g/mol. The predicted octanol–water partition coefficient (Wildman–Crippen LogP) is 12.3. The number of nitrogens with zero attached hydrogens (tertiary/aromatic N) is 5. The van der Waals surface area contributed by atoms with E-state index in [1.165, 1.54) is 36.8 Å². The second kappa shape index (κ2) is 11.7. The molecule has 0 N–H and O–H groups in total. The molecule has 0 unspecified atom stereocenters. The van der Waals surface area contributed by atoms with Gasteiger partial charge in [0.15, 0.2) is 0 Å². The number of ether oxygens (including phenoxy) is 1. The van der Waals surface area contributed by atoms with Gasteiger partial charge in [0.2, 0.25) is 0 Å². The number of benzene rings is 5. The summed E-state index contributed by atoms with van der Waals surface area (Å²) in [6.45, 7) is 7.36. The second-order valence-corrected chi connectivity index (χ2v) is 15.4. The van der Waals surface area contributed by atoms with Gasteiger partial charge in [-0.05, 0) is 71.6 Å². The number of thiophene rings is 1. The van der Waals surface area contributed by atoms with E-state index in [0.717, 1.165) is 50.8 Å². The Kier molecular flexibility index (Phi) is 6.88. The molecule has 0 atom stereocenters. The Bertz CT molecular complexity index is 2830. The van der Waals surface area contributed by atoms with Gasteiger partial charge in [0.25, 0.3) is 0 Å². The Hall–Kier alpha value is -6.18. The van der Waals surface area contributed by atoms with Gasteiger partial charge in [0, 0.05) is 56.5 Å². The summed E-state index contributed by atoms with van der Waals surface area (Å²) in [5.74, 6) is 2.43. The third-order valence-electron chi connectivity index (χ3n) is 10.2. The lowest BCUT2D eigenvalue weighted by Gasteiger charge is -2.23. The van der Waals surface area contributed by atoms with Crippen molar-refractivity contribution < 1.29 is 4.74 Å². The monoisotopic (exact) mass is 693 g/mol. The summed E-state index contributed by atoms with van der Waals surface area (Å²) in [5.41, 5.74) is 7.85. The van der Waals surface area contributed by atoms with E-state index >= 15 is 0 Å². The zero-order valence-electron chi connectivity index (χ0n) is 29.1. The highest BCUT2D eigenvalue weighted by atomic mass is 32.1. The highest BCUT2D eigenvalue weighted by Gasteiger charge is 2.30. The lowest BCUT2D eigenvalue weighted by molar-refractivity contribution is 0.483. The van der Waals surface area contributed by atoms with Gasteiger partial charge < -0.3 is 14.5 Å². The third kappa shape index (κ3) is 4.92. The molecule has 0 bridgehead atoms. The molecule has 0 radical (unpaired) electrons. The fraction of sp³-hybridized carbons (Fsp3) is 0.111. The molecule has 0 amide bonds. The maximum atomic E-state index is 6.65. The molecule has 0 spiro atoms. The molecule has 0 saturated carbocycles. The van der Waals surface area contributed by atoms with Crippen LogP contribution in [0.1, 0.15) is 26.3 Å². The number of para-hydroxylation sites is 1. The zero-order valence-corrected chi connectivity index (χ0v) is 29.9. The van der Waals surface area contributed by atoms with Crippen LogP contribution in [0.4, 0.5) is 22.7 Å². The van der Waals surface area contributed by atoms with Crippen LogP contribution in [0.2, 0.25) is 0 Å². The molecule has 10 rings (SSSR count). The van der Waals surface area contributed by atoms with Crippen molar-refractivity contribution in [1.82, 2.24) is 14.5 Å². The first-order valence-corrected chi connectivity index (χ1v) is 18.4. The van der Waals surface area contributed by atoms with E-state index in [4.69, 9.17) is 9.72 Å². The number of aromatic nitrogens is 3. The van der Waals surface area contributed by atoms with E-state index < -0.39 is 0 Å². The van der Waals surface area contributed by atoms with Crippen LogP contribution in [-0.4, -0.2) is 21.2 Å². The molecule has 5 aromatic carbocycles. The molecule has 6 nitrogen and oxygen atoms in total. The van der Waals surface area contributed by atoms with Gasteiger partial charge in [-0.15, -0.1) is 11.3 Å². The van der Waals surface area contributed by atoms with Gasteiger partial charge in [-0.2, -0.15) is 0 Å². The van der Waals surface area contributed by atoms with Crippen LogP contribution in [0.3, 0.4) is 0 Å². The van der Waals surface area contributed by atoms with Gasteiger partial charge in [-0.25, -0.2) is 4.98 Å². The summed E-state index contributed by atoms with van der Waals surface area (Å²) in [7, 11) is 0. The van der Waals surface area contributed by atoms with Crippen molar-refractivity contribution in [2.45, 2.75) is 26.2 Å². The summed E-state index contributed by atoms with van der Waals surface area (Å²) < 4.78 is 11.5. The van der Waals surface area contributed by atoms with E-state index in [9.17, 15) is 0 Å². The Balaban J connectivity index is 1.02. The molecule has 0 aliphatic carbocycles. The molecule has 5 heterocycles. The number of fused-ring (bicyclic) bond motifs is 7. The smallest absolute Gasteiger partial charge is 0.137 e. The topological polar surface area (TPSA) is 46.4 Å². The molecule has 252 valence electrons. The minimum atomic E-state index is 0.00460. The van der Waals surface area contributed by atoms with Gasteiger partial charge in [0.05, 0.1) is 39.0 Å². The molecule has 4 aromatic heterocycles. The molecule has 52 heavy (non-hydrogen) atoms. The standard InChI is InChI=1S/C45H35N5OS/c1-45(2,3)29-20-23-47-43(24-29)50-37-15-6-4-12-33(37)34-19-18-32(26-40(34)50)51-31-11-8-10-30(25-31)48-28-49(38-21-22-46-27-41(38)48)39-16-9-14-36-35-13-5-7-17-42(35)52-44(36)39/h4-27H,28H2,1-3H3. The van der Waals surface area contributed by atoms with Crippen LogP contribution >= 0.6 is 11.3 Å². The molecule has 7 heteroatoms. The van der Waals surface area contributed by atoms with E-state index in [-0.39, 0.29) is 5.41 Å². The van der Waals surface area contributed by atoms with Crippen molar-refractivity contribution in [3.05, 3.63) is 152 Å². The lowest BCUT2D eigenvalue weighted by Crippen LogP contribution is -2.23. The largest absolute Gasteiger partial charge is 0.457 e. The van der Waals surface area contributed by atoms with Crippen molar-refractivity contribution in [1.29, 1.82) is 0 Å². The summed E-state index contributed by atoms with van der Waals surface area (Å²) >= 11 is 1.85.